The average Bonchev–Trinajstić information content (AvgIpc) is 2.20. The number of sulfone groups is 1. The summed E-state index contributed by atoms with van der Waals surface area (Å²) in [4.78, 5) is -1.60. The van der Waals surface area contributed by atoms with Crippen LogP contribution < -0.4 is 5.73 Å². The number of nitrogens with two attached hydrogens (primary N) is 1. The average molecular weight is 271 g/mol. The molecule has 0 unspecified atom stereocenters. The van der Waals surface area contributed by atoms with Crippen LogP contribution in [0.3, 0.4) is 0 Å². The lowest BCUT2D eigenvalue weighted by Crippen LogP contribution is -2.15. The normalized spacial score (nSPS) is 11.9. The van der Waals surface area contributed by atoms with Crippen LogP contribution in [0.25, 0.3) is 0 Å². The Morgan fingerprint density at radius 1 is 1.00 bits per heavy atom. The lowest BCUT2D eigenvalue weighted by molar-refractivity contribution is 0.408. The third kappa shape index (κ3) is 2.42. The van der Waals surface area contributed by atoms with Crippen molar-refractivity contribution in [2.45, 2.75) is 11.3 Å². The summed E-state index contributed by atoms with van der Waals surface area (Å²) in [6.07, 6.45) is 0.0194. The van der Waals surface area contributed by atoms with Gasteiger partial charge in [-0.2, -0.15) is 0 Å². The molecule has 1 rings (SSSR count). The van der Waals surface area contributed by atoms with E-state index in [0.717, 1.165) is 0 Å². The molecule has 1 aromatic rings. The molecule has 0 heterocycles. The van der Waals surface area contributed by atoms with E-state index in [4.69, 9.17) is 5.73 Å². The quantitative estimate of drug-likeness (QED) is 0.662. The zero-order valence-electron chi connectivity index (χ0n) is 8.73. The number of hydrogen-bond acceptors (Lipinski definition) is 3. The Morgan fingerprint density at radius 3 is 1.71 bits per heavy atom. The van der Waals surface area contributed by atoms with Crippen molar-refractivity contribution in [1.82, 2.24) is 0 Å². The fourth-order valence-electron chi connectivity index (χ4n) is 1.35. The fourth-order valence-corrected chi connectivity index (χ4v) is 2.18. The minimum atomic E-state index is -4.40. The fraction of sp³-hybridized carbons (Fsp3) is 0.333. The first-order chi connectivity index (χ1) is 7.71. The third-order valence-electron chi connectivity index (χ3n) is 2.08. The standard InChI is InChI=1S/C9H9F4NO2S/c1-17(15,16)9-7(12)5(10)4(2-3-14)6(11)8(9)13/h2-3,14H2,1H3. The Hall–Kier alpha value is -1.15. The molecule has 0 saturated heterocycles. The molecule has 0 radical (unpaired) electrons. The Kier molecular flexibility index (Phi) is 3.78. The van der Waals surface area contributed by atoms with E-state index in [2.05, 4.69) is 0 Å². The molecule has 0 fully saturated rings. The van der Waals surface area contributed by atoms with Gasteiger partial charge in [-0.1, -0.05) is 0 Å². The number of halogens is 4. The molecule has 0 aliphatic heterocycles. The maximum atomic E-state index is 13.3. The van der Waals surface area contributed by atoms with Crippen LogP contribution in [-0.4, -0.2) is 21.2 Å². The van der Waals surface area contributed by atoms with Crippen LogP contribution in [0.4, 0.5) is 17.6 Å². The van der Waals surface area contributed by atoms with Crippen molar-refractivity contribution >= 4 is 9.84 Å². The van der Waals surface area contributed by atoms with E-state index in [1.54, 1.807) is 0 Å². The smallest absolute Gasteiger partial charge is 0.181 e. The predicted molar refractivity (Wildman–Crippen MR) is 52.1 cm³/mol. The van der Waals surface area contributed by atoms with Crippen molar-refractivity contribution in [1.29, 1.82) is 0 Å². The molecular weight excluding hydrogens is 262 g/mol. The zero-order chi connectivity index (χ0) is 13.4. The summed E-state index contributed by atoms with van der Waals surface area (Å²) in [5.41, 5.74) is 4.13. The molecule has 0 spiro atoms. The van der Waals surface area contributed by atoms with Crippen LogP contribution >= 0.6 is 0 Å². The van der Waals surface area contributed by atoms with E-state index in [1.807, 2.05) is 0 Å². The van der Waals surface area contributed by atoms with Crippen LogP contribution in [0, 0.1) is 23.3 Å². The van der Waals surface area contributed by atoms with Gasteiger partial charge in [0.15, 0.2) is 33.1 Å². The van der Waals surface area contributed by atoms with Gasteiger partial charge in [-0.05, 0) is 13.0 Å². The predicted octanol–water partition coefficient (Wildman–Crippen LogP) is 1.15. The maximum Gasteiger partial charge on any atom is 0.181 e. The first-order valence-electron chi connectivity index (χ1n) is 4.46. The Morgan fingerprint density at radius 2 is 1.41 bits per heavy atom. The van der Waals surface area contributed by atoms with Crippen molar-refractivity contribution in [3.63, 3.8) is 0 Å². The monoisotopic (exact) mass is 271 g/mol. The Balaban J connectivity index is 3.71. The van der Waals surface area contributed by atoms with Crippen molar-refractivity contribution in [2.24, 2.45) is 5.73 Å². The van der Waals surface area contributed by atoms with Crippen LogP contribution in [0.15, 0.2) is 4.90 Å². The third-order valence-corrected chi connectivity index (χ3v) is 3.18. The SMILES string of the molecule is CS(=O)(=O)c1c(F)c(F)c(CCN)c(F)c1F. The second-order valence-corrected chi connectivity index (χ2v) is 5.33. The van der Waals surface area contributed by atoms with E-state index in [1.165, 1.54) is 0 Å². The van der Waals surface area contributed by atoms with Gasteiger partial charge >= 0.3 is 0 Å². The largest absolute Gasteiger partial charge is 0.330 e. The molecule has 0 aliphatic carbocycles. The molecule has 3 nitrogen and oxygen atoms in total. The number of benzene rings is 1. The van der Waals surface area contributed by atoms with Gasteiger partial charge in [0.25, 0.3) is 0 Å². The second-order valence-electron chi connectivity index (χ2n) is 3.37. The van der Waals surface area contributed by atoms with Gasteiger partial charge in [0.05, 0.1) is 0 Å². The summed E-state index contributed by atoms with van der Waals surface area (Å²) in [6, 6.07) is 0. The van der Waals surface area contributed by atoms with E-state index < -0.39 is 50.0 Å². The highest BCUT2D eigenvalue weighted by Crippen LogP contribution is 2.27. The second kappa shape index (κ2) is 4.61. The molecule has 17 heavy (non-hydrogen) atoms. The summed E-state index contributed by atoms with van der Waals surface area (Å²) >= 11 is 0. The van der Waals surface area contributed by atoms with Crippen LogP contribution in [0.2, 0.25) is 0 Å². The maximum absolute atomic E-state index is 13.3. The first-order valence-corrected chi connectivity index (χ1v) is 6.35. The number of hydrogen-bond donors (Lipinski definition) is 1. The van der Waals surface area contributed by atoms with Gasteiger partial charge in [0.1, 0.15) is 4.90 Å². The van der Waals surface area contributed by atoms with Crippen molar-refractivity contribution in [3.8, 4) is 0 Å². The topological polar surface area (TPSA) is 60.2 Å². The van der Waals surface area contributed by atoms with Gasteiger partial charge in [0, 0.05) is 11.8 Å². The molecule has 0 bridgehead atoms. The Labute approximate surface area is 95.2 Å². The molecule has 0 aliphatic rings. The summed E-state index contributed by atoms with van der Waals surface area (Å²) in [5.74, 6) is -7.30. The summed E-state index contributed by atoms with van der Waals surface area (Å²) in [6.45, 7) is -0.231. The van der Waals surface area contributed by atoms with Crippen LogP contribution in [0.1, 0.15) is 5.56 Å². The summed E-state index contributed by atoms with van der Waals surface area (Å²) in [5, 5.41) is 0. The van der Waals surface area contributed by atoms with Gasteiger partial charge < -0.3 is 5.73 Å². The minimum absolute atomic E-state index is 0.231. The van der Waals surface area contributed by atoms with Crippen molar-refractivity contribution in [3.05, 3.63) is 28.8 Å². The van der Waals surface area contributed by atoms with Crippen molar-refractivity contribution < 1.29 is 26.0 Å². The molecule has 8 heteroatoms. The molecular formula is C9H9F4NO2S. The molecule has 2 N–H and O–H groups in total. The highest BCUT2D eigenvalue weighted by atomic mass is 32.2. The lowest BCUT2D eigenvalue weighted by atomic mass is 10.1. The minimum Gasteiger partial charge on any atom is -0.330 e. The molecule has 0 aromatic heterocycles. The lowest BCUT2D eigenvalue weighted by Gasteiger charge is -2.09. The molecule has 0 atom stereocenters. The van der Waals surface area contributed by atoms with E-state index in [9.17, 15) is 26.0 Å². The van der Waals surface area contributed by atoms with Gasteiger partial charge in [-0.25, -0.2) is 26.0 Å². The van der Waals surface area contributed by atoms with Crippen LogP contribution in [-0.2, 0) is 16.3 Å². The van der Waals surface area contributed by atoms with E-state index in [0.29, 0.717) is 6.26 Å². The van der Waals surface area contributed by atoms with Gasteiger partial charge in [0.2, 0.25) is 0 Å². The Bertz CT molecular complexity index is 528. The number of rotatable bonds is 3. The molecule has 0 amide bonds. The molecule has 1 aromatic carbocycles. The van der Waals surface area contributed by atoms with Crippen LogP contribution in [0.5, 0.6) is 0 Å². The van der Waals surface area contributed by atoms with Crippen molar-refractivity contribution in [2.75, 3.05) is 12.8 Å². The highest BCUT2D eigenvalue weighted by molar-refractivity contribution is 7.90. The van der Waals surface area contributed by atoms with Gasteiger partial charge in [-0.3, -0.25) is 0 Å². The zero-order valence-corrected chi connectivity index (χ0v) is 9.54. The van der Waals surface area contributed by atoms with E-state index in [-0.39, 0.29) is 6.54 Å². The van der Waals surface area contributed by atoms with E-state index >= 15 is 0 Å². The van der Waals surface area contributed by atoms with Gasteiger partial charge in [-0.15, -0.1) is 0 Å². The summed E-state index contributed by atoms with van der Waals surface area (Å²) in [7, 11) is -4.40. The first kappa shape index (κ1) is 13.9. The highest BCUT2D eigenvalue weighted by Gasteiger charge is 2.30. The molecule has 96 valence electrons. The summed E-state index contributed by atoms with van der Waals surface area (Å²) < 4.78 is 75.3. The molecule has 0 saturated carbocycles.